The summed E-state index contributed by atoms with van der Waals surface area (Å²) in [5.74, 6) is 0.543. The smallest absolute Gasteiger partial charge is 0.416 e. The molecule has 0 aliphatic rings. The van der Waals surface area contributed by atoms with Crippen LogP contribution in [-0.2, 0) is 11.2 Å². The Labute approximate surface area is 156 Å². The van der Waals surface area contributed by atoms with Gasteiger partial charge in [0.25, 0.3) is 0 Å². The van der Waals surface area contributed by atoms with Gasteiger partial charge in [-0.15, -0.1) is 0 Å². The topological polar surface area (TPSA) is 101 Å². The highest BCUT2D eigenvalue weighted by molar-refractivity contribution is 5.95. The van der Waals surface area contributed by atoms with Crippen molar-refractivity contribution in [3.8, 4) is 5.75 Å². The lowest BCUT2D eigenvalue weighted by molar-refractivity contribution is 0.0580. The number of benzene rings is 1. The summed E-state index contributed by atoms with van der Waals surface area (Å²) in [6.07, 6.45) is 4.44. The van der Waals surface area contributed by atoms with Gasteiger partial charge in [-0.1, -0.05) is 12.1 Å². The first kappa shape index (κ1) is 18.5. The maximum atomic E-state index is 12.8. The van der Waals surface area contributed by atoms with Crippen molar-refractivity contribution in [2.24, 2.45) is 0 Å². The molecule has 3 aromatic rings. The van der Waals surface area contributed by atoms with Gasteiger partial charge in [-0.2, -0.15) is 0 Å². The molecule has 1 N–H and O–H groups in total. The maximum Gasteiger partial charge on any atom is 0.416 e. The molecule has 0 spiro atoms. The molecule has 2 heterocycles. The number of aromatic nitrogens is 4. The molecule has 0 atom stereocenters. The fourth-order valence-corrected chi connectivity index (χ4v) is 2.48. The van der Waals surface area contributed by atoms with Crippen LogP contribution in [0.4, 0.5) is 10.6 Å². The second-order valence-electron chi connectivity index (χ2n) is 6.97. The van der Waals surface area contributed by atoms with Crippen LogP contribution in [0.3, 0.4) is 0 Å². The van der Waals surface area contributed by atoms with E-state index in [0.29, 0.717) is 29.9 Å². The van der Waals surface area contributed by atoms with Gasteiger partial charge in [0.15, 0.2) is 17.0 Å². The predicted molar refractivity (Wildman–Crippen MR) is 101 cm³/mol. The van der Waals surface area contributed by atoms with E-state index < -0.39 is 11.7 Å². The lowest BCUT2D eigenvalue weighted by atomic mass is 10.1. The van der Waals surface area contributed by atoms with Gasteiger partial charge in [0, 0.05) is 18.9 Å². The van der Waals surface area contributed by atoms with E-state index in [1.807, 2.05) is 0 Å². The van der Waals surface area contributed by atoms with Crippen molar-refractivity contribution < 1.29 is 14.6 Å². The number of phenols is 1. The van der Waals surface area contributed by atoms with Crippen LogP contribution in [0, 0.1) is 0 Å². The molecule has 27 heavy (non-hydrogen) atoms. The van der Waals surface area contributed by atoms with E-state index in [9.17, 15) is 9.90 Å². The van der Waals surface area contributed by atoms with Gasteiger partial charge in [-0.25, -0.2) is 24.7 Å². The molecule has 8 heteroatoms. The number of aromatic hydroxyl groups is 1. The molecule has 2 aromatic heterocycles. The SMILES string of the molecule is CC(C)(C)OC(=O)N(CCc1ccc(O)cc1)c1ncnc2nccnc12. The van der Waals surface area contributed by atoms with E-state index in [2.05, 4.69) is 19.9 Å². The molecule has 0 aliphatic heterocycles. The first-order chi connectivity index (χ1) is 12.8. The largest absolute Gasteiger partial charge is 0.508 e. The van der Waals surface area contributed by atoms with Crippen molar-refractivity contribution >= 4 is 23.1 Å². The predicted octanol–water partition coefficient (Wildman–Crippen LogP) is 3.11. The van der Waals surface area contributed by atoms with E-state index in [0.717, 1.165) is 5.56 Å². The molecule has 0 unspecified atom stereocenters. The van der Waals surface area contributed by atoms with Crippen molar-refractivity contribution in [3.05, 3.63) is 48.5 Å². The zero-order valence-corrected chi connectivity index (χ0v) is 15.5. The number of amides is 1. The summed E-state index contributed by atoms with van der Waals surface area (Å²) in [5.41, 5.74) is 1.14. The third kappa shape index (κ3) is 4.66. The van der Waals surface area contributed by atoms with Crippen LogP contribution < -0.4 is 4.90 Å². The molecule has 0 saturated carbocycles. The molecule has 140 valence electrons. The summed E-state index contributed by atoms with van der Waals surface area (Å²) >= 11 is 0. The number of nitrogens with zero attached hydrogens (tertiary/aromatic N) is 5. The lowest BCUT2D eigenvalue weighted by Crippen LogP contribution is -2.39. The van der Waals surface area contributed by atoms with Crippen molar-refractivity contribution in [2.45, 2.75) is 32.8 Å². The third-order valence-electron chi connectivity index (χ3n) is 3.68. The van der Waals surface area contributed by atoms with E-state index >= 15 is 0 Å². The van der Waals surface area contributed by atoms with Gasteiger partial charge in [0.05, 0.1) is 0 Å². The zero-order chi connectivity index (χ0) is 19.4. The number of hydrogen-bond donors (Lipinski definition) is 1. The van der Waals surface area contributed by atoms with Crippen LogP contribution in [-0.4, -0.2) is 43.3 Å². The maximum absolute atomic E-state index is 12.8. The molecule has 3 rings (SSSR count). The minimum Gasteiger partial charge on any atom is -0.508 e. The Kier molecular flexibility index (Phi) is 5.16. The molecule has 0 saturated heterocycles. The highest BCUT2D eigenvalue weighted by Gasteiger charge is 2.26. The Morgan fingerprint density at radius 2 is 1.78 bits per heavy atom. The fraction of sp³-hybridized carbons (Fsp3) is 0.316. The van der Waals surface area contributed by atoms with E-state index in [4.69, 9.17) is 4.74 Å². The van der Waals surface area contributed by atoms with Crippen molar-refractivity contribution in [2.75, 3.05) is 11.4 Å². The summed E-state index contributed by atoms with van der Waals surface area (Å²) in [6, 6.07) is 6.83. The van der Waals surface area contributed by atoms with Crippen LogP contribution in [0.2, 0.25) is 0 Å². The van der Waals surface area contributed by atoms with Crippen LogP contribution in [0.5, 0.6) is 5.75 Å². The average molecular weight is 367 g/mol. The van der Waals surface area contributed by atoms with E-state index in [1.54, 1.807) is 45.0 Å². The standard InChI is InChI=1S/C19H21N5O3/c1-19(2,3)27-18(26)24(11-8-13-4-6-14(25)7-5-13)17-15-16(22-12-23-17)21-10-9-20-15/h4-7,9-10,12,25H,8,11H2,1-3H3. The molecular weight excluding hydrogens is 346 g/mol. The minimum atomic E-state index is -0.650. The second-order valence-corrected chi connectivity index (χ2v) is 6.97. The summed E-state index contributed by atoms with van der Waals surface area (Å²) in [7, 11) is 0. The number of fused-ring (bicyclic) bond motifs is 1. The Morgan fingerprint density at radius 1 is 1.07 bits per heavy atom. The molecule has 0 fully saturated rings. The van der Waals surface area contributed by atoms with Crippen LogP contribution >= 0.6 is 0 Å². The van der Waals surface area contributed by atoms with Gasteiger partial charge in [0.2, 0.25) is 0 Å². The highest BCUT2D eigenvalue weighted by Crippen LogP contribution is 2.22. The van der Waals surface area contributed by atoms with Gasteiger partial charge in [-0.3, -0.25) is 4.90 Å². The number of rotatable bonds is 4. The number of hydrogen-bond acceptors (Lipinski definition) is 7. The highest BCUT2D eigenvalue weighted by atomic mass is 16.6. The first-order valence-corrected chi connectivity index (χ1v) is 8.53. The molecule has 0 aliphatic carbocycles. The molecule has 0 bridgehead atoms. The number of phenolic OH excluding ortho intramolecular Hbond substituents is 1. The van der Waals surface area contributed by atoms with Crippen LogP contribution in [0.1, 0.15) is 26.3 Å². The Bertz CT molecular complexity index is 933. The number of carbonyl (C=O) groups excluding carboxylic acids is 1. The summed E-state index contributed by atoms with van der Waals surface area (Å²) in [4.78, 5) is 31.1. The van der Waals surface area contributed by atoms with Crippen LogP contribution in [0.15, 0.2) is 43.0 Å². The summed E-state index contributed by atoms with van der Waals surface area (Å²) in [6.45, 7) is 5.74. The zero-order valence-electron chi connectivity index (χ0n) is 15.5. The number of carbonyl (C=O) groups is 1. The van der Waals surface area contributed by atoms with Crippen LogP contribution in [0.25, 0.3) is 11.2 Å². The fourth-order valence-electron chi connectivity index (χ4n) is 2.48. The summed E-state index contributed by atoms with van der Waals surface area (Å²) in [5, 5.41) is 9.43. The Balaban J connectivity index is 1.93. The lowest BCUT2D eigenvalue weighted by Gasteiger charge is -2.27. The molecule has 1 aromatic carbocycles. The molecular formula is C19H21N5O3. The molecule has 8 nitrogen and oxygen atoms in total. The minimum absolute atomic E-state index is 0.194. The quantitative estimate of drug-likeness (QED) is 0.756. The van der Waals surface area contributed by atoms with Gasteiger partial charge < -0.3 is 9.84 Å². The second kappa shape index (κ2) is 7.53. The molecule has 1 amide bonds. The van der Waals surface area contributed by atoms with Crippen molar-refractivity contribution in [1.29, 1.82) is 0 Å². The summed E-state index contributed by atoms with van der Waals surface area (Å²) < 4.78 is 5.55. The number of ether oxygens (including phenoxy) is 1. The van der Waals surface area contributed by atoms with Gasteiger partial charge >= 0.3 is 6.09 Å². The Morgan fingerprint density at radius 3 is 2.48 bits per heavy atom. The average Bonchev–Trinajstić information content (AvgIpc) is 2.62. The van der Waals surface area contributed by atoms with Crippen molar-refractivity contribution in [1.82, 2.24) is 19.9 Å². The monoisotopic (exact) mass is 367 g/mol. The normalized spacial score (nSPS) is 11.4. The number of anilines is 1. The van der Waals surface area contributed by atoms with Crippen molar-refractivity contribution in [3.63, 3.8) is 0 Å². The van der Waals surface area contributed by atoms with E-state index in [-0.39, 0.29) is 5.75 Å². The third-order valence-corrected chi connectivity index (χ3v) is 3.68. The van der Waals surface area contributed by atoms with Gasteiger partial charge in [0.1, 0.15) is 17.7 Å². The van der Waals surface area contributed by atoms with E-state index in [1.165, 1.54) is 23.6 Å². The molecule has 0 radical (unpaired) electrons. The van der Waals surface area contributed by atoms with Gasteiger partial charge in [-0.05, 0) is 44.9 Å². The first-order valence-electron chi connectivity index (χ1n) is 8.53. The Hall–Kier alpha value is -3.29.